The first kappa shape index (κ1) is 16.9. The van der Waals surface area contributed by atoms with E-state index >= 15 is 0 Å². The topological polar surface area (TPSA) is 63.7 Å². The monoisotopic (exact) mass is 431 g/mol. The number of esters is 1. The summed E-state index contributed by atoms with van der Waals surface area (Å²) in [5.74, 6) is -1.05. The van der Waals surface area contributed by atoms with E-state index in [1.54, 1.807) is 25.1 Å². The number of thiophene rings is 1. The summed E-state index contributed by atoms with van der Waals surface area (Å²) < 4.78 is 6.66. The molecule has 0 atom stereocenters. The summed E-state index contributed by atoms with van der Waals surface area (Å²) in [6, 6.07) is 5.26. The van der Waals surface area contributed by atoms with Crippen molar-refractivity contribution in [1.82, 2.24) is 0 Å². The zero-order valence-corrected chi connectivity index (χ0v) is 15.3. The normalized spacial score (nSPS) is 10.5. The van der Waals surface area contributed by atoms with Crippen LogP contribution in [0.5, 0.6) is 0 Å². The average Bonchev–Trinajstić information content (AvgIpc) is 2.86. The van der Waals surface area contributed by atoms with Crippen molar-refractivity contribution in [2.75, 3.05) is 11.5 Å². The van der Waals surface area contributed by atoms with Crippen molar-refractivity contribution in [1.29, 1.82) is 0 Å². The number of imide groups is 1. The van der Waals surface area contributed by atoms with Crippen LogP contribution in [0.2, 0.25) is 0 Å². The molecule has 0 saturated heterocycles. The van der Waals surface area contributed by atoms with Crippen LogP contribution in [0.1, 0.15) is 30.4 Å². The molecule has 2 amide bonds. The highest BCUT2D eigenvalue weighted by molar-refractivity contribution is 14.1. The van der Waals surface area contributed by atoms with Crippen molar-refractivity contribution >= 4 is 67.5 Å². The largest absolute Gasteiger partial charge is 0.462 e. The van der Waals surface area contributed by atoms with Gasteiger partial charge in [0.1, 0.15) is 4.88 Å². The lowest BCUT2D eigenvalue weighted by atomic mass is 10.2. The molecule has 0 bridgehead atoms. The molecule has 5 nitrogen and oxygen atoms in total. The van der Waals surface area contributed by atoms with Gasteiger partial charge < -0.3 is 4.74 Å². The van der Waals surface area contributed by atoms with Crippen LogP contribution in [0.25, 0.3) is 10.1 Å². The van der Waals surface area contributed by atoms with E-state index in [1.807, 2.05) is 0 Å². The van der Waals surface area contributed by atoms with Crippen LogP contribution in [-0.4, -0.2) is 24.4 Å². The van der Waals surface area contributed by atoms with Gasteiger partial charge >= 0.3 is 5.97 Å². The fourth-order valence-corrected chi connectivity index (χ4v) is 4.12. The second kappa shape index (κ2) is 6.74. The fraction of sp³-hybridized carbons (Fsp3) is 0.267. The first-order valence-electron chi connectivity index (χ1n) is 6.57. The van der Waals surface area contributed by atoms with Crippen LogP contribution in [0.3, 0.4) is 0 Å². The Balaban J connectivity index is 2.56. The SMILES string of the molecule is CCOC(=O)c1cc2c(I)c(N(C(C)=O)C(C)=O)ccc2s1. The summed E-state index contributed by atoms with van der Waals surface area (Å²) in [6.45, 7) is 4.77. The number of fused-ring (bicyclic) bond motifs is 1. The second-order valence-electron chi connectivity index (χ2n) is 4.52. The molecule has 1 aromatic carbocycles. The highest BCUT2D eigenvalue weighted by Gasteiger charge is 2.21. The average molecular weight is 431 g/mol. The van der Waals surface area contributed by atoms with Gasteiger partial charge in [0.2, 0.25) is 11.8 Å². The Morgan fingerprint density at radius 1 is 1.23 bits per heavy atom. The van der Waals surface area contributed by atoms with E-state index in [2.05, 4.69) is 22.6 Å². The van der Waals surface area contributed by atoms with Crippen LogP contribution in [-0.2, 0) is 14.3 Å². The molecule has 0 radical (unpaired) electrons. The van der Waals surface area contributed by atoms with E-state index < -0.39 is 0 Å². The molecule has 0 saturated carbocycles. The lowest BCUT2D eigenvalue weighted by molar-refractivity contribution is -0.124. The Bertz CT molecular complexity index is 754. The molecule has 0 aliphatic heterocycles. The van der Waals surface area contributed by atoms with Gasteiger partial charge in [0.15, 0.2) is 0 Å². The second-order valence-corrected chi connectivity index (χ2v) is 6.68. The number of rotatable bonds is 3. The number of carbonyl (C=O) groups is 3. The van der Waals surface area contributed by atoms with Crippen LogP contribution in [0, 0.1) is 3.57 Å². The van der Waals surface area contributed by atoms with Crippen molar-refractivity contribution in [3.8, 4) is 0 Å². The van der Waals surface area contributed by atoms with Gasteiger partial charge in [-0.15, -0.1) is 11.3 Å². The van der Waals surface area contributed by atoms with Gasteiger partial charge in [-0.25, -0.2) is 9.69 Å². The number of ether oxygens (including phenoxy) is 1. The quantitative estimate of drug-likeness (QED) is 0.551. The Labute approximate surface area is 145 Å². The van der Waals surface area contributed by atoms with Gasteiger partial charge in [-0.3, -0.25) is 9.59 Å². The van der Waals surface area contributed by atoms with Crippen LogP contribution < -0.4 is 4.90 Å². The molecule has 0 aliphatic rings. The Kier molecular flexibility index (Phi) is 5.17. The zero-order valence-electron chi connectivity index (χ0n) is 12.3. The molecule has 7 heteroatoms. The Morgan fingerprint density at radius 2 is 1.86 bits per heavy atom. The van der Waals surface area contributed by atoms with E-state index in [0.717, 1.165) is 18.6 Å². The number of halogens is 1. The summed E-state index contributed by atoms with van der Waals surface area (Å²) in [6.07, 6.45) is 0. The van der Waals surface area contributed by atoms with Crippen LogP contribution in [0.15, 0.2) is 18.2 Å². The van der Waals surface area contributed by atoms with Gasteiger partial charge in [0, 0.05) is 27.5 Å². The van der Waals surface area contributed by atoms with Crippen molar-refractivity contribution in [3.63, 3.8) is 0 Å². The Hall–Kier alpha value is -1.48. The Morgan fingerprint density at radius 3 is 2.41 bits per heavy atom. The molecule has 2 aromatic rings. The minimum atomic E-state index is -0.365. The molecule has 2 rings (SSSR count). The molecular weight excluding hydrogens is 417 g/mol. The molecule has 0 fully saturated rings. The van der Waals surface area contributed by atoms with Crippen molar-refractivity contribution in [2.45, 2.75) is 20.8 Å². The van der Waals surface area contributed by atoms with Gasteiger partial charge in [-0.1, -0.05) is 0 Å². The maximum absolute atomic E-state index is 11.8. The zero-order chi connectivity index (χ0) is 16.4. The number of amides is 2. The van der Waals surface area contributed by atoms with E-state index in [4.69, 9.17) is 4.74 Å². The van der Waals surface area contributed by atoms with Crippen molar-refractivity contribution < 1.29 is 19.1 Å². The van der Waals surface area contributed by atoms with Crippen molar-refractivity contribution in [2.24, 2.45) is 0 Å². The van der Waals surface area contributed by atoms with Gasteiger partial charge in [-0.05, 0) is 47.7 Å². The van der Waals surface area contributed by atoms with Gasteiger partial charge in [-0.2, -0.15) is 0 Å². The van der Waals surface area contributed by atoms with Crippen molar-refractivity contribution in [3.05, 3.63) is 26.6 Å². The molecular formula is C15H14INO4S. The minimum Gasteiger partial charge on any atom is -0.462 e. The third-order valence-corrected chi connectivity index (χ3v) is 5.18. The van der Waals surface area contributed by atoms with Crippen LogP contribution >= 0.6 is 33.9 Å². The summed E-state index contributed by atoms with van der Waals surface area (Å²) in [5, 5.41) is 0.832. The van der Waals surface area contributed by atoms with Gasteiger partial charge in [0.25, 0.3) is 0 Å². The lowest BCUT2D eigenvalue weighted by Gasteiger charge is -2.19. The number of hydrogen-bond donors (Lipinski definition) is 0. The van der Waals surface area contributed by atoms with E-state index in [1.165, 1.54) is 25.2 Å². The predicted molar refractivity (Wildman–Crippen MR) is 94.3 cm³/mol. The molecule has 116 valence electrons. The highest BCUT2D eigenvalue weighted by Crippen LogP contribution is 2.35. The smallest absolute Gasteiger partial charge is 0.348 e. The predicted octanol–water partition coefficient (Wildman–Crippen LogP) is 3.58. The van der Waals surface area contributed by atoms with Gasteiger partial charge in [0.05, 0.1) is 12.3 Å². The lowest BCUT2D eigenvalue weighted by Crippen LogP contribution is -2.33. The molecule has 22 heavy (non-hydrogen) atoms. The first-order valence-corrected chi connectivity index (χ1v) is 8.46. The highest BCUT2D eigenvalue weighted by atomic mass is 127. The molecule has 0 unspecified atom stereocenters. The summed E-state index contributed by atoms with van der Waals surface area (Å²) in [5.41, 5.74) is 0.529. The first-order chi connectivity index (χ1) is 10.4. The van der Waals surface area contributed by atoms with E-state index in [-0.39, 0.29) is 17.8 Å². The van der Waals surface area contributed by atoms with E-state index in [0.29, 0.717) is 17.2 Å². The maximum atomic E-state index is 11.8. The number of hydrogen-bond acceptors (Lipinski definition) is 5. The molecule has 0 aliphatic carbocycles. The molecule has 1 aromatic heterocycles. The fourth-order valence-electron chi connectivity index (χ4n) is 2.10. The third kappa shape index (κ3) is 3.14. The standard InChI is InChI=1S/C15H14INO4S/c1-4-21-15(20)13-7-10-12(22-13)6-5-11(14(10)16)17(8(2)18)9(3)19/h5-7H,4H2,1-3H3. The number of carbonyl (C=O) groups excluding carboxylic acids is 3. The number of anilines is 1. The summed E-state index contributed by atoms with van der Waals surface area (Å²) in [7, 11) is 0. The molecule has 1 heterocycles. The summed E-state index contributed by atoms with van der Waals surface area (Å²) >= 11 is 3.42. The van der Waals surface area contributed by atoms with Crippen LogP contribution in [0.4, 0.5) is 5.69 Å². The number of nitrogens with zero attached hydrogens (tertiary/aromatic N) is 1. The minimum absolute atomic E-state index is 0.317. The molecule has 0 N–H and O–H groups in total. The molecule has 0 spiro atoms. The third-order valence-electron chi connectivity index (χ3n) is 2.96. The maximum Gasteiger partial charge on any atom is 0.348 e. The summed E-state index contributed by atoms with van der Waals surface area (Å²) in [4.78, 5) is 36.9. The number of benzene rings is 1. The van der Waals surface area contributed by atoms with E-state index in [9.17, 15) is 14.4 Å².